The maximum atomic E-state index is 13.3. The predicted octanol–water partition coefficient (Wildman–Crippen LogP) is 2.55. The van der Waals surface area contributed by atoms with E-state index in [-0.39, 0.29) is 24.5 Å². The van der Waals surface area contributed by atoms with Crippen LogP contribution in [0.15, 0.2) is 53.7 Å². The van der Waals surface area contributed by atoms with Gasteiger partial charge in [0.15, 0.2) is 11.5 Å². The van der Waals surface area contributed by atoms with Gasteiger partial charge in [0, 0.05) is 13.6 Å². The Hall–Kier alpha value is -3.55. The van der Waals surface area contributed by atoms with E-state index < -0.39 is 6.04 Å². The Bertz CT molecular complexity index is 1050. The van der Waals surface area contributed by atoms with E-state index in [0.717, 1.165) is 5.56 Å². The highest BCUT2D eigenvalue weighted by molar-refractivity contribution is 6.01. The van der Waals surface area contributed by atoms with Crippen molar-refractivity contribution in [2.75, 3.05) is 20.4 Å². The summed E-state index contributed by atoms with van der Waals surface area (Å²) in [6.45, 7) is 0.889. The Morgan fingerprint density at radius 1 is 1.10 bits per heavy atom. The first-order chi connectivity index (χ1) is 14.0. The minimum absolute atomic E-state index is 0.154. The second kappa shape index (κ2) is 6.51. The zero-order valence-electron chi connectivity index (χ0n) is 15.6. The number of amides is 3. The number of fused-ring (bicyclic) bond motifs is 1. The molecule has 0 fully saturated rings. The smallest absolute Gasteiger partial charge is 0.322 e. The summed E-state index contributed by atoms with van der Waals surface area (Å²) in [4.78, 5) is 28.8. The molecule has 1 N–H and O–H groups in total. The molecular weight excluding hydrogens is 377 g/mol. The van der Waals surface area contributed by atoms with E-state index in [2.05, 4.69) is 5.32 Å². The van der Waals surface area contributed by atoms with Crippen LogP contribution in [0.5, 0.6) is 11.5 Å². The molecule has 0 aromatic heterocycles. The molecule has 2 aromatic rings. The van der Waals surface area contributed by atoms with Gasteiger partial charge in [0.2, 0.25) is 6.79 Å². The summed E-state index contributed by atoms with van der Waals surface area (Å²) in [5.41, 5.74) is 2.75. The summed E-state index contributed by atoms with van der Waals surface area (Å²) in [7, 11) is 1.64. The van der Waals surface area contributed by atoms with Crippen molar-refractivity contribution in [1.82, 2.24) is 15.1 Å². The number of nitrogens with one attached hydrogen (secondary N) is 1. The number of nitrogens with zero attached hydrogens (tertiary/aromatic N) is 2. The second-order valence-electron chi connectivity index (χ2n) is 7.20. The third kappa shape index (κ3) is 2.88. The zero-order chi connectivity index (χ0) is 20.1. The van der Waals surface area contributed by atoms with Crippen LogP contribution in [0.2, 0.25) is 0 Å². The Kier molecular flexibility index (Phi) is 3.94. The predicted molar refractivity (Wildman–Crippen MR) is 100 cm³/mol. The number of carbonyl (C=O) groups is 2. The molecular formula is C21H18FN3O4. The third-order valence-electron chi connectivity index (χ3n) is 5.45. The van der Waals surface area contributed by atoms with Gasteiger partial charge in [0.1, 0.15) is 5.82 Å². The fourth-order valence-corrected chi connectivity index (χ4v) is 3.92. The quantitative estimate of drug-likeness (QED) is 0.867. The van der Waals surface area contributed by atoms with Crippen molar-refractivity contribution in [2.45, 2.75) is 12.6 Å². The Labute approximate surface area is 166 Å². The average Bonchev–Trinajstić information content (AvgIpc) is 3.30. The van der Waals surface area contributed by atoms with Crippen molar-refractivity contribution in [1.29, 1.82) is 0 Å². The number of halogens is 1. The van der Waals surface area contributed by atoms with Gasteiger partial charge in [0.25, 0.3) is 5.91 Å². The molecule has 148 valence electrons. The first-order valence-electron chi connectivity index (χ1n) is 9.22. The molecule has 3 heterocycles. The van der Waals surface area contributed by atoms with E-state index in [9.17, 15) is 14.0 Å². The number of hydrogen-bond donors (Lipinski definition) is 1. The van der Waals surface area contributed by atoms with Gasteiger partial charge in [0.05, 0.1) is 23.9 Å². The van der Waals surface area contributed by atoms with Crippen molar-refractivity contribution in [3.05, 3.63) is 70.7 Å². The Morgan fingerprint density at radius 3 is 2.66 bits per heavy atom. The van der Waals surface area contributed by atoms with Crippen molar-refractivity contribution in [3.63, 3.8) is 0 Å². The van der Waals surface area contributed by atoms with E-state index >= 15 is 0 Å². The van der Waals surface area contributed by atoms with Crippen molar-refractivity contribution < 1.29 is 23.5 Å². The lowest BCUT2D eigenvalue weighted by Gasteiger charge is -2.31. The van der Waals surface area contributed by atoms with Gasteiger partial charge in [-0.2, -0.15) is 0 Å². The number of carbonyl (C=O) groups excluding carboxylic acids is 2. The number of rotatable bonds is 3. The standard InChI is InChI=1S/C21H18FN3O4/c1-24-15-10-25(9-12-2-7-16-17(8-12)29-11-28-16)20(26)18(15)19(23-21(24)27)13-3-5-14(22)6-4-13/h2-8,19H,9-11H2,1H3,(H,23,27). The number of urea groups is 1. The maximum absolute atomic E-state index is 13.3. The molecule has 2 aromatic carbocycles. The van der Waals surface area contributed by atoms with Crippen LogP contribution >= 0.6 is 0 Å². The van der Waals surface area contributed by atoms with Crippen LogP contribution in [-0.4, -0.2) is 42.1 Å². The number of likely N-dealkylation sites (N-methyl/N-ethyl adjacent to an activating group) is 1. The molecule has 7 nitrogen and oxygen atoms in total. The van der Waals surface area contributed by atoms with E-state index in [4.69, 9.17) is 9.47 Å². The summed E-state index contributed by atoms with van der Waals surface area (Å²) in [5.74, 6) is 0.818. The highest BCUT2D eigenvalue weighted by atomic mass is 19.1. The van der Waals surface area contributed by atoms with Crippen LogP contribution < -0.4 is 14.8 Å². The zero-order valence-corrected chi connectivity index (χ0v) is 15.6. The van der Waals surface area contributed by atoms with Crippen LogP contribution in [0.25, 0.3) is 0 Å². The molecule has 1 atom stereocenters. The van der Waals surface area contributed by atoms with Gasteiger partial charge in [-0.1, -0.05) is 18.2 Å². The van der Waals surface area contributed by atoms with Gasteiger partial charge >= 0.3 is 6.03 Å². The molecule has 3 aliphatic rings. The molecule has 1 unspecified atom stereocenters. The van der Waals surface area contributed by atoms with Crippen LogP contribution in [0.1, 0.15) is 17.2 Å². The van der Waals surface area contributed by atoms with Crippen LogP contribution in [0, 0.1) is 5.82 Å². The molecule has 8 heteroatoms. The highest BCUT2D eigenvalue weighted by Gasteiger charge is 2.42. The van der Waals surface area contributed by atoms with Crippen LogP contribution in [0.3, 0.4) is 0 Å². The van der Waals surface area contributed by atoms with Crippen LogP contribution in [-0.2, 0) is 11.3 Å². The lowest BCUT2D eigenvalue weighted by Crippen LogP contribution is -2.45. The molecule has 5 rings (SSSR count). The topological polar surface area (TPSA) is 71.1 Å². The van der Waals surface area contributed by atoms with E-state index in [1.807, 2.05) is 18.2 Å². The minimum Gasteiger partial charge on any atom is -0.454 e. The molecule has 0 saturated carbocycles. The fraction of sp³-hybridized carbons (Fsp3) is 0.238. The summed E-state index contributed by atoms with van der Waals surface area (Å²) < 4.78 is 24.1. The highest BCUT2D eigenvalue weighted by Crippen LogP contribution is 2.37. The molecule has 3 aliphatic heterocycles. The third-order valence-corrected chi connectivity index (χ3v) is 5.45. The first kappa shape index (κ1) is 17.5. The van der Waals surface area contributed by atoms with Crippen molar-refractivity contribution in [2.24, 2.45) is 0 Å². The van der Waals surface area contributed by atoms with Crippen LogP contribution in [0.4, 0.5) is 9.18 Å². The van der Waals surface area contributed by atoms with Gasteiger partial charge in [-0.15, -0.1) is 0 Å². The SMILES string of the molecule is CN1C(=O)NC(c2ccc(F)cc2)C2=C1CN(Cc1ccc3c(c1)OCO3)C2=O. The summed E-state index contributed by atoms with van der Waals surface area (Å²) in [6.07, 6.45) is 0. The van der Waals surface area contributed by atoms with E-state index in [1.54, 1.807) is 24.1 Å². The molecule has 0 aliphatic carbocycles. The summed E-state index contributed by atoms with van der Waals surface area (Å²) in [5, 5.41) is 2.84. The first-order valence-corrected chi connectivity index (χ1v) is 9.22. The summed E-state index contributed by atoms with van der Waals surface area (Å²) in [6, 6.07) is 10.5. The molecule has 0 radical (unpaired) electrons. The Balaban J connectivity index is 1.44. The minimum atomic E-state index is -0.608. The lowest BCUT2D eigenvalue weighted by atomic mass is 9.96. The second-order valence-corrected chi connectivity index (χ2v) is 7.20. The molecule has 3 amide bonds. The molecule has 0 bridgehead atoms. The largest absolute Gasteiger partial charge is 0.454 e. The monoisotopic (exact) mass is 395 g/mol. The number of ether oxygens (including phenoxy) is 2. The normalized spacial score (nSPS) is 20.3. The fourth-order valence-electron chi connectivity index (χ4n) is 3.92. The average molecular weight is 395 g/mol. The van der Waals surface area contributed by atoms with Gasteiger partial charge in [-0.3, -0.25) is 9.69 Å². The lowest BCUT2D eigenvalue weighted by molar-refractivity contribution is -0.126. The molecule has 0 saturated heterocycles. The summed E-state index contributed by atoms with van der Waals surface area (Å²) >= 11 is 0. The molecule has 0 spiro atoms. The van der Waals surface area contributed by atoms with E-state index in [0.29, 0.717) is 41.4 Å². The number of benzene rings is 2. The molecule has 29 heavy (non-hydrogen) atoms. The van der Waals surface area contributed by atoms with Gasteiger partial charge in [-0.05, 0) is 35.4 Å². The Morgan fingerprint density at radius 2 is 1.86 bits per heavy atom. The number of hydrogen-bond acceptors (Lipinski definition) is 4. The van der Waals surface area contributed by atoms with E-state index in [1.165, 1.54) is 17.0 Å². The van der Waals surface area contributed by atoms with Crippen molar-refractivity contribution >= 4 is 11.9 Å². The van der Waals surface area contributed by atoms with Gasteiger partial charge < -0.3 is 19.7 Å². The maximum Gasteiger partial charge on any atom is 0.322 e. The van der Waals surface area contributed by atoms with Crippen molar-refractivity contribution in [3.8, 4) is 11.5 Å². The van der Waals surface area contributed by atoms with Gasteiger partial charge in [-0.25, -0.2) is 9.18 Å².